The maximum absolute atomic E-state index is 4.44. The van der Waals surface area contributed by atoms with Crippen LogP contribution in [0.3, 0.4) is 0 Å². The summed E-state index contributed by atoms with van der Waals surface area (Å²) in [7, 11) is 0. The highest BCUT2D eigenvalue weighted by atomic mass is 15.3. The van der Waals surface area contributed by atoms with Crippen molar-refractivity contribution in [3.05, 3.63) is 53.5 Å². The van der Waals surface area contributed by atoms with Gasteiger partial charge in [-0.2, -0.15) is 20.5 Å². The Bertz CT molecular complexity index is 867. The molecular weight excluding hydrogens is 312 g/mol. The minimum atomic E-state index is 0.251. The molecule has 128 valence electrons. The van der Waals surface area contributed by atoms with E-state index < -0.39 is 0 Å². The van der Waals surface area contributed by atoms with Crippen LogP contribution in [0.15, 0.2) is 36.5 Å². The van der Waals surface area contributed by atoms with Crippen LogP contribution in [0.5, 0.6) is 0 Å². The number of piperidine rings is 1. The van der Waals surface area contributed by atoms with Gasteiger partial charge in [0, 0.05) is 29.8 Å². The number of H-pyrrole nitrogens is 2. The Hall–Kier alpha value is -2.47. The van der Waals surface area contributed by atoms with Crippen molar-refractivity contribution < 1.29 is 0 Å². The molecule has 3 heterocycles. The number of aryl methyl sites for hydroxylation is 1. The van der Waals surface area contributed by atoms with Crippen LogP contribution < -0.4 is 0 Å². The molecule has 3 aromatic rings. The van der Waals surface area contributed by atoms with Crippen molar-refractivity contribution >= 4 is 0 Å². The Morgan fingerprint density at radius 3 is 2.96 bits per heavy atom. The lowest BCUT2D eigenvalue weighted by atomic mass is 9.77. The van der Waals surface area contributed by atoms with Crippen molar-refractivity contribution in [2.24, 2.45) is 0 Å². The Morgan fingerprint density at radius 1 is 1.12 bits per heavy atom. The third-order valence-electron chi connectivity index (χ3n) is 5.82. The molecule has 2 aliphatic rings. The van der Waals surface area contributed by atoms with Crippen molar-refractivity contribution in [2.75, 3.05) is 13.1 Å². The molecule has 1 saturated heterocycles. The van der Waals surface area contributed by atoms with Gasteiger partial charge in [0.05, 0.1) is 6.20 Å². The number of aromatic nitrogens is 5. The van der Waals surface area contributed by atoms with Crippen molar-refractivity contribution in [3.8, 4) is 11.3 Å². The molecule has 1 aliphatic carbocycles. The molecule has 25 heavy (non-hydrogen) atoms. The molecule has 1 atom stereocenters. The quantitative estimate of drug-likeness (QED) is 0.772. The fraction of sp³-hybridized carbons (Fsp3) is 0.421. The summed E-state index contributed by atoms with van der Waals surface area (Å²) in [5, 5.41) is 19.2. The van der Waals surface area contributed by atoms with Gasteiger partial charge in [-0.25, -0.2) is 0 Å². The van der Waals surface area contributed by atoms with Gasteiger partial charge in [0.1, 0.15) is 11.4 Å². The van der Waals surface area contributed by atoms with Crippen LogP contribution in [0.25, 0.3) is 11.3 Å². The molecule has 0 bridgehead atoms. The lowest BCUT2D eigenvalue weighted by molar-refractivity contribution is 0.135. The molecule has 1 aromatic carbocycles. The van der Waals surface area contributed by atoms with Gasteiger partial charge in [0.25, 0.3) is 0 Å². The van der Waals surface area contributed by atoms with Crippen LogP contribution in [0.2, 0.25) is 0 Å². The Morgan fingerprint density at radius 2 is 2.04 bits per heavy atom. The zero-order chi connectivity index (χ0) is 16.7. The van der Waals surface area contributed by atoms with Gasteiger partial charge in [-0.1, -0.05) is 30.3 Å². The highest BCUT2D eigenvalue weighted by Gasteiger charge is 2.43. The molecule has 1 unspecified atom stereocenters. The molecule has 2 aromatic heterocycles. The Balaban J connectivity index is 1.39. The Labute approximate surface area is 146 Å². The van der Waals surface area contributed by atoms with Gasteiger partial charge in [-0.05, 0) is 37.8 Å². The van der Waals surface area contributed by atoms with Crippen LogP contribution in [-0.2, 0) is 18.4 Å². The second-order valence-corrected chi connectivity index (χ2v) is 7.35. The number of hydrogen-bond acceptors (Lipinski definition) is 4. The molecule has 0 saturated carbocycles. The number of likely N-dealkylation sites (tertiary alicyclic amines) is 1. The minimum Gasteiger partial charge on any atom is -0.296 e. The smallest absolute Gasteiger partial charge is 0.117 e. The van der Waals surface area contributed by atoms with E-state index in [-0.39, 0.29) is 5.41 Å². The van der Waals surface area contributed by atoms with Crippen molar-refractivity contribution in [2.45, 2.75) is 37.6 Å². The second-order valence-electron chi connectivity index (χ2n) is 7.35. The number of nitrogens with one attached hydrogen (secondary N) is 2. The summed E-state index contributed by atoms with van der Waals surface area (Å²) in [6.45, 7) is 3.03. The SMILES string of the molecule is c1ccc(-c2n[nH]nc2CN2CCCC3(CCc4cn[nH]c43)C2)cc1. The monoisotopic (exact) mass is 334 g/mol. The number of rotatable bonds is 3. The first kappa shape index (κ1) is 14.8. The average Bonchev–Trinajstić information content (AvgIpc) is 3.36. The van der Waals surface area contributed by atoms with E-state index in [9.17, 15) is 0 Å². The van der Waals surface area contributed by atoms with Gasteiger partial charge in [-0.15, -0.1) is 0 Å². The predicted octanol–water partition coefficient (Wildman–Crippen LogP) is 2.67. The average molecular weight is 334 g/mol. The molecule has 6 heteroatoms. The first-order valence-electron chi connectivity index (χ1n) is 9.04. The van der Waals surface area contributed by atoms with Crippen LogP contribution in [0, 0.1) is 0 Å². The summed E-state index contributed by atoms with van der Waals surface area (Å²) < 4.78 is 0. The molecule has 6 nitrogen and oxygen atoms in total. The minimum absolute atomic E-state index is 0.251. The fourth-order valence-corrected chi connectivity index (χ4v) is 4.63. The van der Waals surface area contributed by atoms with E-state index in [1.807, 2.05) is 24.4 Å². The van der Waals surface area contributed by atoms with Gasteiger partial charge >= 0.3 is 0 Å². The van der Waals surface area contributed by atoms with E-state index in [1.165, 1.54) is 30.5 Å². The molecule has 1 spiro atoms. The predicted molar refractivity (Wildman–Crippen MR) is 94.9 cm³/mol. The van der Waals surface area contributed by atoms with Crippen LogP contribution in [0.4, 0.5) is 0 Å². The summed E-state index contributed by atoms with van der Waals surface area (Å²) in [4.78, 5) is 2.53. The van der Waals surface area contributed by atoms with Gasteiger partial charge < -0.3 is 0 Å². The second kappa shape index (κ2) is 5.81. The molecule has 2 N–H and O–H groups in total. The molecule has 0 amide bonds. The third kappa shape index (κ3) is 2.48. The van der Waals surface area contributed by atoms with Gasteiger partial charge in [-0.3, -0.25) is 10.00 Å². The zero-order valence-corrected chi connectivity index (χ0v) is 14.2. The zero-order valence-electron chi connectivity index (χ0n) is 14.2. The van der Waals surface area contributed by atoms with Crippen LogP contribution in [0.1, 0.15) is 36.2 Å². The summed E-state index contributed by atoms with van der Waals surface area (Å²) in [6.07, 6.45) is 6.87. The molecule has 1 aliphatic heterocycles. The maximum Gasteiger partial charge on any atom is 0.117 e. The van der Waals surface area contributed by atoms with E-state index in [0.717, 1.165) is 43.0 Å². The van der Waals surface area contributed by atoms with Crippen LogP contribution >= 0.6 is 0 Å². The summed E-state index contributed by atoms with van der Waals surface area (Å²) in [5.41, 5.74) is 6.16. The first-order valence-corrected chi connectivity index (χ1v) is 9.04. The van der Waals surface area contributed by atoms with Crippen LogP contribution in [-0.4, -0.2) is 43.6 Å². The summed E-state index contributed by atoms with van der Waals surface area (Å²) in [5.74, 6) is 0. The van der Waals surface area contributed by atoms with Gasteiger partial charge in [0.15, 0.2) is 0 Å². The van der Waals surface area contributed by atoms with Crippen molar-refractivity contribution in [1.29, 1.82) is 0 Å². The summed E-state index contributed by atoms with van der Waals surface area (Å²) >= 11 is 0. The number of aromatic amines is 2. The lowest BCUT2D eigenvalue weighted by Crippen LogP contribution is -2.44. The molecular formula is C19H22N6. The van der Waals surface area contributed by atoms with Gasteiger partial charge in [0.2, 0.25) is 0 Å². The van der Waals surface area contributed by atoms with E-state index in [0.29, 0.717) is 0 Å². The largest absolute Gasteiger partial charge is 0.296 e. The normalized spacial score (nSPS) is 23.2. The van der Waals surface area contributed by atoms with E-state index in [4.69, 9.17) is 0 Å². The molecule has 5 rings (SSSR count). The highest BCUT2D eigenvalue weighted by Crippen LogP contribution is 2.44. The Kier molecular flexibility index (Phi) is 3.45. The summed E-state index contributed by atoms with van der Waals surface area (Å²) in [6, 6.07) is 10.3. The fourth-order valence-electron chi connectivity index (χ4n) is 4.63. The maximum atomic E-state index is 4.44. The molecule has 1 fully saturated rings. The third-order valence-corrected chi connectivity index (χ3v) is 5.82. The highest BCUT2D eigenvalue weighted by molar-refractivity contribution is 5.60. The number of fused-ring (bicyclic) bond motifs is 2. The first-order chi connectivity index (χ1) is 12.3. The number of nitrogens with zero attached hydrogens (tertiary/aromatic N) is 4. The topological polar surface area (TPSA) is 73.5 Å². The number of hydrogen-bond donors (Lipinski definition) is 2. The standard InChI is InChI=1S/C19H22N6/c1-2-5-14(6-3-1)17-16(21-24-22-17)12-25-10-4-8-19(13-25)9-7-15-11-20-23-18(15)19/h1-3,5-6,11H,4,7-10,12-13H2,(H,20,23)(H,21,22,24). The van der Waals surface area contributed by atoms with E-state index in [2.05, 4.69) is 42.6 Å². The lowest BCUT2D eigenvalue weighted by Gasteiger charge is -2.40. The van der Waals surface area contributed by atoms with E-state index >= 15 is 0 Å². The van der Waals surface area contributed by atoms with E-state index in [1.54, 1.807) is 0 Å². The van der Waals surface area contributed by atoms with Crippen molar-refractivity contribution in [3.63, 3.8) is 0 Å². The number of benzene rings is 1. The molecule has 0 radical (unpaired) electrons. The van der Waals surface area contributed by atoms with Crippen molar-refractivity contribution in [1.82, 2.24) is 30.5 Å².